The largest absolute Gasteiger partial charge is 0.376 e. The molecule has 2 aliphatic heterocycles. The molecule has 0 saturated carbocycles. The molecule has 0 bridgehead atoms. The van der Waals surface area contributed by atoms with Gasteiger partial charge in [-0.05, 0) is 57.0 Å². The van der Waals surface area contributed by atoms with Crippen molar-refractivity contribution in [2.45, 2.75) is 37.8 Å². The van der Waals surface area contributed by atoms with E-state index in [1.807, 2.05) is 14.1 Å². The summed E-state index contributed by atoms with van der Waals surface area (Å²) >= 11 is 0. The van der Waals surface area contributed by atoms with E-state index < -0.39 is 11.8 Å². The smallest absolute Gasteiger partial charge is 0.309 e. The first-order valence-electron chi connectivity index (χ1n) is 10.1. The van der Waals surface area contributed by atoms with Gasteiger partial charge < -0.3 is 25.2 Å². The predicted molar refractivity (Wildman–Crippen MR) is 109 cm³/mol. The Hall–Kier alpha value is -2.12. The number of carbonyl (C=O) groups is 2. The van der Waals surface area contributed by atoms with Gasteiger partial charge in [-0.25, -0.2) is 0 Å². The van der Waals surface area contributed by atoms with E-state index in [2.05, 4.69) is 45.7 Å². The molecule has 2 heterocycles. The molecule has 1 fully saturated rings. The molecule has 28 heavy (non-hydrogen) atoms. The summed E-state index contributed by atoms with van der Waals surface area (Å²) < 4.78 is 5.47. The Kier molecular flexibility index (Phi) is 6.91. The topological polar surface area (TPSA) is 73.9 Å². The summed E-state index contributed by atoms with van der Waals surface area (Å²) in [4.78, 5) is 28.6. The van der Waals surface area contributed by atoms with Gasteiger partial charge >= 0.3 is 11.8 Å². The van der Waals surface area contributed by atoms with Crippen molar-refractivity contribution in [3.63, 3.8) is 0 Å². The minimum absolute atomic E-state index is 0.00690. The summed E-state index contributed by atoms with van der Waals surface area (Å²) in [6, 6.07) is 6.53. The highest BCUT2D eigenvalue weighted by molar-refractivity contribution is 6.35. The predicted octanol–water partition coefficient (Wildman–Crippen LogP) is 1.08. The van der Waals surface area contributed by atoms with Crippen molar-refractivity contribution >= 4 is 17.5 Å². The Morgan fingerprint density at radius 2 is 2.04 bits per heavy atom. The molecule has 0 spiro atoms. The van der Waals surface area contributed by atoms with Crippen LogP contribution in [-0.2, 0) is 20.7 Å². The molecular weight excluding hydrogens is 356 g/mol. The zero-order chi connectivity index (χ0) is 20.1. The lowest BCUT2D eigenvalue weighted by Crippen LogP contribution is -2.44. The van der Waals surface area contributed by atoms with Crippen LogP contribution in [-0.4, -0.2) is 70.2 Å². The van der Waals surface area contributed by atoms with Crippen LogP contribution in [0.15, 0.2) is 18.2 Å². The fraction of sp³-hybridized carbons (Fsp3) is 0.619. The van der Waals surface area contributed by atoms with Crippen molar-refractivity contribution in [1.82, 2.24) is 15.5 Å². The second kappa shape index (κ2) is 9.39. The number of hydrogen-bond donors (Lipinski definition) is 2. The van der Waals surface area contributed by atoms with Gasteiger partial charge in [0.15, 0.2) is 0 Å². The van der Waals surface area contributed by atoms with Crippen LogP contribution in [0.3, 0.4) is 0 Å². The summed E-state index contributed by atoms with van der Waals surface area (Å²) in [5.74, 6) is -1.19. The third kappa shape index (κ3) is 5.02. The van der Waals surface area contributed by atoms with Crippen LogP contribution in [0, 0.1) is 0 Å². The monoisotopic (exact) mass is 388 g/mol. The maximum absolute atomic E-state index is 12.2. The normalized spacial score (nSPS) is 20.0. The summed E-state index contributed by atoms with van der Waals surface area (Å²) in [5, 5.41) is 5.45. The summed E-state index contributed by atoms with van der Waals surface area (Å²) in [6.07, 6.45) is 4.19. The molecule has 0 aliphatic carbocycles. The Balaban J connectivity index is 1.57. The highest BCUT2D eigenvalue weighted by atomic mass is 16.5. The zero-order valence-corrected chi connectivity index (χ0v) is 17.2. The van der Waals surface area contributed by atoms with Gasteiger partial charge in [0.2, 0.25) is 0 Å². The number of anilines is 1. The number of aryl methyl sites for hydroxylation is 1. The second-order valence-electron chi connectivity index (χ2n) is 7.95. The van der Waals surface area contributed by atoms with Crippen molar-refractivity contribution in [2.24, 2.45) is 0 Å². The van der Waals surface area contributed by atoms with Crippen molar-refractivity contribution in [3.8, 4) is 0 Å². The number of benzene rings is 1. The van der Waals surface area contributed by atoms with Gasteiger partial charge in [-0.1, -0.05) is 12.1 Å². The lowest BCUT2D eigenvalue weighted by Gasteiger charge is -2.30. The molecule has 2 atom stereocenters. The Labute approximate surface area is 167 Å². The van der Waals surface area contributed by atoms with E-state index in [4.69, 9.17) is 4.74 Å². The molecule has 0 aromatic heterocycles. The van der Waals surface area contributed by atoms with Gasteiger partial charge in [-0.2, -0.15) is 0 Å². The highest BCUT2D eigenvalue weighted by Gasteiger charge is 2.22. The summed E-state index contributed by atoms with van der Waals surface area (Å²) in [5.41, 5.74) is 3.78. The van der Waals surface area contributed by atoms with Gasteiger partial charge in [0.25, 0.3) is 0 Å². The first-order chi connectivity index (χ1) is 13.5. The Morgan fingerprint density at radius 3 is 2.75 bits per heavy atom. The van der Waals surface area contributed by atoms with E-state index in [-0.39, 0.29) is 12.1 Å². The van der Waals surface area contributed by atoms with Crippen molar-refractivity contribution < 1.29 is 14.3 Å². The van der Waals surface area contributed by atoms with E-state index in [1.165, 1.54) is 11.3 Å². The number of fused-ring (bicyclic) bond motifs is 1. The fourth-order valence-electron chi connectivity index (χ4n) is 3.97. The molecular formula is C21H32N4O3. The van der Waals surface area contributed by atoms with Gasteiger partial charge in [0, 0.05) is 39.0 Å². The first kappa shape index (κ1) is 20.6. The van der Waals surface area contributed by atoms with Gasteiger partial charge in [0.05, 0.1) is 12.1 Å². The second-order valence-corrected chi connectivity index (χ2v) is 7.95. The van der Waals surface area contributed by atoms with E-state index >= 15 is 0 Å². The SMILES string of the molecule is CN1CCCc2cc([C@H](CNC(=O)C(=O)NC[C@@H]3CCCO3)N(C)C)ccc21. The van der Waals surface area contributed by atoms with Crippen molar-refractivity contribution in [3.05, 3.63) is 29.3 Å². The first-order valence-corrected chi connectivity index (χ1v) is 10.1. The lowest BCUT2D eigenvalue weighted by molar-refractivity contribution is -0.139. The number of hydrogen-bond acceptors (Lipinski definition) is 5. The Morgan fingerprint density at radius 1 is 1.25 bits per heavy atom. The molecule has 1 saturated heterocycles. The molecule has 1 aromatic rings. The molecule has 1 aromatic carbocycles. The molecule has 2 N–H and O–H groups in total. The van der Waals surface area contributed by atoms with Gasteiger partial charge in [0.1, 0.15) is 0 Å². The van der Waals surface area contributed by atoms with Crippen LogP contribution >= 0.6 is 0 Å². The fourth-order valence-corrected chi connectivity index (χ4v) is 3.97. The van der Waals surface area contributed by atoms with Crippen LogP contribution < -0.4 is 15.5 Å². The van der Waals surface area contributed by atoms with Crippen LogP contribution in [0.5, 0.6) is 0 Å². The van der Waals surface area contributed by atoms with Crippen LogP contribution in [0.2, 0.25) is 0 Å². The van der Waals surface area contributed by atoms with Crippen molar-refractivity contribution in [2.75, 3.05) is 52.3 Å². The standard InChI is InChI=1S/C21H32N4O3/c1-24(2)19(16-8-9-18-15(12-16)6-4-10-25(18)3)14-23-21(27)20(26)22-13-17-7-5-11-28-17/h8-9,12,17,19H,4-7,10-11,13-14H2,1-3H3,(H,22,26)(H,23,27)/t17-,19-/m0/s1. The molecule has 2 aliphatic rings. The molecule has 154 valence electrons. The highest BCUT2D eigenvalue weighted by Crippen LogP contribution is 2.29. The minimum Gasteiger partial charge on any atom is -0.376 e. The van der Waals surface area contributed by atoms with Gasteiger partial charge in [-0.15, -0.1) is 0 Å². The zero-order valence-electron chi connectivity index (χ0n) is 17.2. The van der Waals surface area contributed by atoms with Gasteiger partial charge in [-0.3, -0.25) is 9.59 Å². The molecule has 3 rings (SSSR count). The van der Waals surface area contributed by atoms with E-state index in [9.17, 15) is 9.59 Å². The van der Waals surface area contributed by atoms with E-state index in [0.717, 1.165) is 44.4 Å². The van der Waals surface area contributed by atoms with Crippen molar-refractivity contribution in [1.29, 1.82) is 0 Å². The summed E-state index contributed by atoms with van der Waals surface area (Å²) in [7, 11) is 6.09. The molecule has 7 heteroatoms. The quantitative estimate of drug-likeness (QED) is 0.714. The van der Waals surface area contributed by atoms with E-state index in [1.54, 1.807) is 0 Å². The third-order valence-corrected chi connectivity index (χ3v) is 5.64. The Bertz CT molecular complexity index is 701. The summed E-state index contributed by atoms with van der Waals surface area (Å²) in [6.45, 7) is 2.59. The molecule has 7 nitrogen and oxygen atoms in total. The maximum Gasteiger partial charge on any atom is 0.309 e. The number of amides is 2. The maximum atomic E-state index is 12.2. The average molecular weight is 389 g/mol. The number of nitrogens with zero attached hydrogens (tertiary/aromatic N) is 2. The number of likely N-dealkylation sites (N-methyl/N-ethyl adjacent to an activating group) is 1. The van der Waals surface area contributed by atoms with Crippen LogP contribution in [0.1, 0.15) is 36.4 Å². The molecule has 2 amide bonds. The third-order valence-electron chi connectivity index (χ3n) is 5.64. The average Bonchev–Trinajstić information content (AvgIpc) is 3.19. The molecule has 0 radical (unpaired) electrons. The van der Waals surface area contributed by atoms with Crippen LogP contribution in [0.4, 0.5) is 5.69 Å². The lowest BCUT2D eigenvalue weighted by atomic mass is 9.96. The van der Waals surface area contributed by atoms with E-state index in [0.29, 0.717) is 13.1 Å². The number of nitrogens with one attached hydrogen (secondary N) is 2. The number of carbonyl (C=O) groups excluding carboxylic acids is 2. The van der Waals surface area contributed by atoms with Crippen LogP contribution in [0.25, 0.3) is 0 Å². The minimum atomic E-state index is -0.597. The molecule has 0 unspecified atom stereocenters. The number of ether oxygens (including phenoxy) is 1. The number of rotatable bonds is 6.